The highest BCUT2D eigenvalue weighted by atomic mass is 35.5. The molecule has 0 aliphatic rings. The van der Waals surface area contributed by atoms with Gasteiger partial charge in [-0.15, -0.1) is 0 Å². The summed E-state index contributed by atoms with van der Waals surface area (Å²) < 4.78 is 19.0. The zero-order valence-electron chi connectivity index (χ0n) is 12.1. The second-order valence-corrected chi connectivity index (χ2v) is 5.19. The lowest BCUT2D eigenvalue weighted by atomic mass is 10.1. The van der Waals surface area contributed by atoms with Gasteiger partial charge in [0.2, 0.25) is 5.88 Å². The first kappa shape index (κ1) is 15.7. The van der Waals surface area contributed by atoms with Crippen molar-refractivity contribution >= 4 is 11.6 Å². The van der Waals surface area contributed by atoms with E-state index in [9.17, 15) is 4.39 Å². The van der Waals surface area contributed by atoms with Crippen molar-refractivity contribution < 1.29 is 9.13 Å². The molecule has 112 valence electrons. The molecule has 0 bridgehead atoms. The van der Waals surface area contributed by atoms with E-state index in [1.807, 2.05) is 12.1 Å². The van der Waals surface area contributed by atoms with E-state index in [1.165, 1.54) is 12.1 Å². The van der Waals surface area contributed by atoms with E-state index in [2.05, 4.69) is 24.1 Å². The Balaban J connectivity index is 2.11. The van der Waals surface area contributed by atoms with Gasteiger partial charge in [-0.05, 0) is 43.7 Å². The molecule has 1 aromatic carbocycles. The fourth-order valence-electron chi connectivity index (χ4n) is 1.89. The summed E-state index contributed by atoms with van der Waals surface area (Å²) in [4.78, 5) is 4.14. The number of benzene rings is 1. The molecule has 0 amide bonds. The van der Waals surface area contributed by atoms with Crippen molar-refractivity contribution in [3.8, 4) is 11.6 Å². The summed E-state index contributed by atoms with van der Waals surface area (Å²) in [6.07, 6.45) is 2.75. The maximum absolute atomic E-state index is 13.4. The van der Waals surface area contributed by atoms with Gasteiger partial charge in [0.15, 0.2) is 0 Å². The van der Waals surface area contributed by atoms with Crippen LogP contribution < -0.4 is 10.1 Å². The minimum Gasteiger partial charge on any atom is -0.439 e. The van der Waals surface area contributed by atoms with Gasteiger partial charge in [-0.25, -0.2) is 9.37 Å². The molecule has 5 heteroatoms. The lowest BCUT2D eigenvalue weighted by Gasteiger charge is -2.14. The van der Waals surface area contributed by atoms with Gasteiger partial charge in [-0.3, -0.25) is 0 Å². The average Bonchev–Trinajstić information content (AvgIpc) is 2.49. The largest absolute Gasteiger partial charge is 0.439 e. The molecule has 1 aromatic heterocycles. The van der Waals surface area contributed by atoms with E-state index >= 15 is 0 Å². The summed E-state index contributed by atoms with van der Waals surface area (Å²) in [5.41, 5.74) is 1.07. The van der Waals surface area contributed by atoms with Crippen molar-refractivity contribution in [3.05, 3.63) is 52.9 Å². The van der Waals surface area contributed by atoms with Crippen molar-refractivity contribution in [2.45, 2.75) is 26.3 Å². The minimum atomic E-state index is -0.511. The zero-order chi connectivity index (χ0) is 15.2. The Morgan fingerprint density at radius 1 is 1.33 bits per heavy atom. The van der Waals surface area contributed by atoms with Crippen LogP contribution in [0.25, 0.3) is 0 Å². The Morgan fingerprint density at radius 2 is 2.14 bits per heavy atom. The number of pyridine rings is 1. The normalized spacial score (nSPS) is 12.2. The highest BCUT2D eigenvalue weighted by molar-refractivity contribution is 6.30. The highest BCUT2D eigenvalue weighted by Crippen LogP contribution is 2.25. The van der Waals surface area contributed by atoms with Crippen molar-refractivity contribution in [1.82, 2.24) is 10.3 Å². The second kappa shape index (κ2) is 7.38. The third-order valence-corrected chi connectivity index (χ3v) is 3.38. The molecule has 1 heterocycles. The lowest BCUT2D eigenvalue weighted by molar-refractivity contribution is 0.455. The molecular weight excluding hydrogens is 291 g/mol. The Labute approximate surface area is 129 Å². The molecule has 0 saturated carbocycles. The van der Waals surface area contributed by atoms with E-state index in [-0.39, 0.29) is 11.1 Å². The van der Waals surface area contributed by atoms with Crippen molar-refractivity contribution in [2.24, 2.45) is 0 Å². The molecular formula is C16H18ClFN2O. The first-order chi connectivity index (χ1) is 10.1. The molecule has 21 heavy (non-hydrogen) atoms. The van der Waals surface area contributed by atoms with Crippen LogP contribution in [-0.2, 0) is 0 Å². The van der Waals surface area contributed by atoms with Crippen LogP contribution in [0.3, 0.4) is 0 Å². The highest BCUT2D eigenvalue weighted by Gasteiger charge is 2.08. The van der Waals surface area contributed by atoms with Crippen LogP contribution in [-0.4, -0.2) is 11.5 Å². The molecule has 1 atom stereocenters. The molecule has 0 fully saturated rings. The third kappa shape index (κ3) is 4.41. The molecule has 1 N–H and O–H groups in total. The van der Waals surface area contributed by atoms with Crippen molar-refractivity contribution in [1.29, 1.82) is 0 Å². The monoisotopic (exact) mass is 308 g/mol. The van der Waals surface area contributed by atoms with E-state index in [1.54, 1.807) is 12.3 Å². The van der Waals surface area contributed by atoms with Crippen LogP contribution in [0.5, 0.6) is 11.6 Å². The van der Waals surface area contributed by atoms with Gasteiger partial charge < -0.3 is 10.1 Å². The number of aromatic nitrogens is 1. The van der Waals surface area contributed by atoms with Gasteiger partial charge in [0.05, 0.1) is 5.02 Å². The number of halogens is 2. The molecule has 0 aliphatic heterocycles. The van der Waals surface area contributed by atoms with Crippen LogP contribution in [0.15, 0.2) is 36.5 Å². The Bertz CT molecular complexity index is 607. The minimum absolute atomic E-state index is 0.0708. The van der Waals surface area contributed by atoms with Gasteiger partial charge in [0.1, 0.15) is 11.6 Å². The summed E-state index contributed by atoms with van der Waals surface area (Å²) in [6.45, 7) is 5.15. The van der Waals surface area contributed by atoms with Gasteiger partial charge in [0.25, 0.3) is 0 Å². The first-order valence-electron chi connectivity index (χ1n) is 6.92. The zero-order valence-corrected chi connectivity index (χ0v) is 12.8. The fourth-order valence-corrected chi connectivity index (χ4v) is 2.01. The van der Waals surface area contributed by atoms with Crippen LogP contribution >= 0.6 is 11.6 Å². The molecule has 0 aliphatic carbocycles. The van der Waals surface area contributed by atoms with Crippen molar-refractivity contribution in [2.75, 3.05) is 6.54 Å². The van der Waals surface area contributed by atoms with E-state index in [0.29, 0.717) is 11.6 Å². The average molecular weight is 309 g/mol. The van der Waals surface area contributed by atoms with Crippen LogP contribution in [0.1, 0.15) is 31.9 Å². The fraction of sp³-hybridized carbons (Fsp3) is 0.312. The smallest absolute Gasteiger partial charge is 0.219 e. The predicted molar refractivity (Wildman–Crippen MR) is 82.4 cm³/mol. The van der Waals surface area contributed by atoms with E-state index < -0.39 is 5.82 Å². The Kier molecular flexibility index (Phi) is 5.53. The number of hydrogen-bond donors (Lipinski definition) is 1. The van der Waals surface area contributed by atoms with Gasteiger partial charge in [-0.1, -0.05) is 18.5 Å². The van der Waals surface area contributed by atoms with Gasteiger partial charge >= 0.3 is 0 Å². The summed E-state index contributed by atoms with van der Waals surface area (Å²) in [6, 6.07) is 8.30. The number of hydrogen-bond acceptors (Lipinski definition) is 3. The van der Waals surface area contributed by atoms with Gasteiger partial charge in [0, 0.05) is 24.4 Å². The number of nitrogens with zero attached hydrogens (tertiary/aromatic N) is 1. The first-order valence-corrected chi connectivity index (χ1v) is 7.30. The van der Waals surface area contributed by atoms with Crippen LogP contribution in [0.4, 0.5) is 4.39 Å². The molecule has 1 unspecified atom stereocenters. The maximum Gasteiger partial charge on any atom is 0.219 e. The topological polar surface area (TPSA) is 34.2 Å². The van der Waals surface area contributed by atoms with E-state index in [4.69, 9.17) is 16.3 Å². The third-order valence-electron chi connectivity index (χ3n) is 3.07. The van der Waals surface area contributed by atoms with Gasteiger partial charge in [-0.2, -0.15) is 0 Å². The molecule has 2 rings (SSSR count). The SMILES string of the molecule is CCCNC(C)c1ccnc(Oc2ccc(Cl)c(F)c2)c1. The summed E-state index contributed by atoms with van der Waals surface area (Å²) in [5, 5.41) is 3.47. The standard InChI is InChI=1S/C16H18ClFN2O/c1-3-7-19-11(2)12-6-8-20-16(9-12)21-13-4-5-14(17)15(18)10-13/h4-6,8-11,19H,3,7H2,1-2H3. The molecule has 3 nitrogen and oxygen atoms in total. The van der Waals surface area contributed by atoms with E-state index in [0.717, 1.165) is 18.5 Å². The maximum atomic E-state index is 13.4. The summed E-state index contributed by atoms with van der Waals surface area (Å²) >= 11 is 5.64. The predicted octanol–water partition coefficient (Wildman–Crippen LogP) is 4.73. The quantitative estimate of drug-likeness (QED) is 0.838. The Morgan fingerprint density at radius 3 is 2.86 bits per heavy atom. The number of ether oxygens (including phenoxy) is 1. The number of nitrogens with one attached hydrogen (secondary N) is 1. The summed E-state index contributed by atoms with van der Waals surface area (Å²) in [7, 11) is 0. The lowest BCUT2D eigenvalue weighted by Crippen LogP contribution is -2.19. The van der Waals surface area contributed by atoms with Crippen LogP contribution in [0, 0.1) is 5.82 Å². The Hall–Kier alpha value is -1.65. The second-order valence-electron chi connectivity index (χ2n) is 4.78. The number of rotatable bonds is 6. The summed E-state index contributed by atoms with van der Waals surface area (Å²) in [5.74, 6) is 0.290. The molecule has 0 radical (unpaired) electrons. The van der Waals surface area contributed by atoms with Crippen molar-refractivity contribution in [3.63, 3.8) is 0 Å². The molecule has 0 spiro atoms. The molecule has 0 saturated heterocycles. The molecule has 2 aromatic rings. The van der Waals surface area contributed by atoms with Crippen LogP contribution in [0.2, 0.25) is 5.02 Å².